The maximum Gasteiger partial charge on any atom is 0.233 e. The first-order chi connectivity index (χ1) is 8.04. The Kier molecular flexibility index (Phi) is 5.28. The molecule has 0 aliphatic heterocycles. The molecule has 1 rings (SSSR count). The minimum atomic E-state index is -0.448. The van der Waals surface area contributed by atoms with Gasteiger partial charge in [-0.2, -0.15) is 0 Å². The van der Waals surface area contributed by atoms with Gasteiger partial charge in [-0.15, -0.1) is 11.8 Å². The molecule has 0 heterocycles. The molecule has 0 radical (unpaired) electrons. The van der Waals surface area contributed by atoms with Crippen molar-refractivity contribution in [1.82, 2.24) is 5.32 Å². The van der Waals surface area contributed by atoms with Gasteiger partial charge in [0.15, 0.2) is 0 Å². The molecule has 0 fully saturated rings. The Morgan fingerprint density at radius 2 is 2.29 bits per heavy atom. The molecule has 1 aromatic carbocycles. The average Bonchev–Trinajstić information content (AvgIpc) is 2.30. The Balaban J connectivity index is 2.58. The molecule has 1 atom stereocenters. The summed E-state index contributed by atoms with van der Waals surface area (Å²) in [5.74, 6) is -0.481. The SMILES string of the molecule is CCCNC(=O)C(C)Sc1ccc(N)c(F)c1. The Morgan fingerprint density at radius 3 is 2.88 bits per heavy atom. The van der Waals surface area contributed by atoms with Crippen LogP contribution < -0.4 is 11.1 Å². The fourth-order valence-corrected chi connectivity index (χ4v) is 2.15. The molecule has 3 nitrogen and oxygen atoms in total. The van der Waals surface area contributed by atoms with Gasteiger partial charge in [0.1, 0.15) is 5.82 Å². The normalized spacial score (nSPS) is 12.2. The summed E-state index contributed by atoms with van der Waals surface area (Å²) in [4.78, 5) is 12.3. The maximum absolute atomic E-state index is 13.2. The first-order valence-electron chi connectivity index (χ1n) is 5.54. The Hall–Kier alpha value is -1.23. The van der Waals surface area contributed by atoms with E-state index in [4.69, 9.17) is 5.73 Å². The number of benzene rings is 1. The predicted octanol–water partition coefficient (Wildman–Crippen LogP) is 2.41. The molecular weight excluding hydrogens is 239 g/mol. The van der Waals surface area contributed by atoms with E-state index in [2.05, 4.69) is 5.32 Å². The number of carbonyl (C=O) groups is 1. The topological polar surface area (TPSA) is 55.1 Å². The van der Waals surface area contributed by atoms with Crippen molar-refractivity contribution < 1.29 is 9.18 Å². The van der Waals surface area contributed by atoms with Crippen LogP contribution in [0.15, 0.2) is 23.1 Å². The zero-order chi connectivity index (χ0) is 12.8. The molecule has 1 amide bonds. The number of amides is 1. The third-order valence-corrected chi connectivity index (χ3v) is 3.30. The van der Waals surface area contributed by atoms with Gasteiger partial charge in [0.05, 0.1) is 10.9 Å². The summed E-state index contributed by atoms with van der Waals surface area (Å²) in [7, 11) is 0. The van der Waals surface area contributed by atoms with Gasteiger partial charge in [0.2, 0.25) is 5.91 Å². The lowest BCUT2D eigenvalue weighted by Gasteiger charge is -2.11. The molecule has 0 bridgehead atoms. The molecular formula is C12H17FN2OS. The second-order valence-electron chi connectivity index (χ2n) is 3.73. The number of halogens is 1. The van der Waals surface area contributed by atoms with Crippen LogP contribution in [-0.2, 0) is 4.79 Å². The standard InChI is InChI=1S/C12H17FN2OS/c1-3-6-15-12(16)8(2)17-9-4-5-11(14)10(13)7-9/h4-5,7-8H,3,6,14H2,1-2H3,(H,15,16). The second kappa shape index (κ2) is 6.49. The van der Waals surface area contributed by atoms with E-state index in [1.165, 1.54) is 23.9 Å². The average molecular weight is 256 g/mol. The molecule has 0 aliphatic carbocycles. The van der Waals surface area contributed by atoms with E-state index in [1.807, 2.05) is 6.92 Å². The van der Waals surface area contributed by atoms with Crippen molar-refractivity contribution in [2.45, 2.75) is 30.4 Å². The Morgan fingerprint density at radius 1 is 1.59 bits per heavy atom. The van der Waals surface area contributed by atoms with Gasteiger partial charge in [-0.1, -0.05) is 6.92 Å². The van der Waals surface area contributed by atoms with E-state index in [0.717, 1.165) is 6.42 Å². The van der Waals surface area contributed by atoms with E-state index >= 15 is 0 Å². The number of hydrogen-bond donors (Lipinski definition) is 2. The Bertz CT molecular complexity index is 398. The van der Waals surface area contributed by atoms with E-state index in [-0.39, 0.29) is 16.8 Å². The van der Waals surface area contributed by atoms with Crippen LogP contribution in [-0.4, -0.2) is 17.7 Å². The quantitative estimate of drug-likeness (QED) is 0.628. The van der Waals surface area contributed by atoms with Crippen molar-refractivity contribution in [1.29, 1.82) is 0 Å². The van der Waals surface area contributed by atoms with Crippen molar-refractivity contribution in [3.63, 3.8) is 0 Å². The minimum Gasteiger partial charge on any atom is -0.396 e. The summed E-state index contributed by atoms with van der Waals surface area (Å²) in [5.41, 5.74) is 5.50. The van der Waals surface area contributed by atoms with Crippen molar-refractivity contribution in [3.05, 3.63) is 24.0 Å². The second-order valence-corrected chi connectivity index (χ2v) is 5.15. The van der Waals surface area contributed by atoms with Gasteiger partial charge in [0.25, 0.3) is 0 Å². The van der Waals surface area contributed by atoms with Gasteiger partial charge in [-0.3, -0.25) is 4.79 Å². The van der Waals surface area contributed by atoms with Gasteiger partial charge >= 0.3 is 0 Å². The molecule has 0 aromatic heterocycles. The number of thioether (sulfide) groups is 1. The lowest BCUT2D eigenvalue weighted by Crippen LogP contribution is -2.31. The van der Waals surface area contributed by atoms with Crippen LogP contribution >= 0.6 is 11.8 Å². The Labute approximate surface area is 105 Å². The summed E-state index contributed by atoms with van der Waals surface area (Å²) < 4.78 is 13.2. The highest BCUT2D eigenvalue weighted by atomic mass is 32.2. The summed E-state index contributed by atoms with van der Waals surface area (Å²) >= 11 is 1.32. The summed E-state index contributed by atoms with van der Waals surface area (Å²) in [6.45, 7) is 4.46. The van der Waals surface area contributed by atoms with Crippen LogP contribution in [0.3, 0.4) is 0 Å². The molecule has 3 N–H and O–H groups in total. The molecule has 0 saturated carbocycles. The fourth-order valence-electron chi connectivity index (χ4n) is 1.23. The molecule has 0 aliphatic rings. The fraction of sp³-hybridized carbons (Fsp3) is 0.417. The zero-order valence-corrected chi connectivity index (χ0v) is 10.8. The smallest absolute Gasteiger partial charge is 0.233 e. The van der Waals surface area contributed by atoms with Crippen molar-refractivity contribution in [2.75, 3.05) is 12.3 Å². The lowest BCUT2D eigenvalue weighted by atomic mass is 10.3. The van der Waals surface area contributed by atoms with Crippen molar-refractivity contribution >= 4 is 23.4 Å². The highest BCUT2D eigenvalue weighted by Crippen LogP contribution is 2.25. The summed E-state index contributed by atoms with van der Waals surface area (Å²) in [6, 6.07) is 4.57. The maximum atomic E-state index is 13.2. The van der Waals surface area contributed by atoms with Crippen LogP contribution in [0.1, 0.15) is 20.3 Å². The number of carbonyl (C=O) groups excluding carboxylic acids is 1. The van der Waals surface area contributed by atoms with Gasteiger partial charge in [-0.25, -0.2) is 4.39 Å². The molecule has 17 heavy (non-hydrogen) atoms. The van der Waals surface area contributed by atoms with Gasteiger partial charge in [-0.05, 0) is 31.5 Å². The van der Waals surface area contributed by atoms with E-state index in [1.54, 1.807) is 13.0 Å². The van der Waals surface area contributed by atoms with Crippen LogP contribution in [0.25, 0.3) is 0 Å². The highest BCUT2D eigenvalue weighted by Gasteiger charge is 2.14. The van der Waals surface area contributed by atoms with Gasteiger partial charge in [0, 0.05) is 11.4 Å². The van der Waals surface area contributed by atoms with Crippen LogP contribution in [0.2, 0.25) is 0 Å². The number of nitrogen functional groups attached to an aromatic ring is 1. The third kappa shape index (κ3) is 4.26. The molecule has 1 unspecified atom stereocenters. The van der Waals surface area contributed by atoms with E-state index < -0.39 is 5.82 Å². The number of hydrogen-bond acceptors (Lipinski definition) is 3. The lowest BCUT2D eigenvalue weighted by molar-refractivity contribution is -0.120. The number of anilines is 1. The molecule has 94 valence electrons. The first-order valence-corrected chi connectivity index (χ1v) is 6.42. The molecule has 0 saturated heterocycles. The summed E-state index contributed by atoms with van der Waals surface area (Å²) in [6.07, 6.45) is 0.902. The summed E-state index contributed by atoms with van der Waals surface area (Å²) in [5, 5.41) is 2.55. The van der Waals surface area contributed by atoms with Crippen molar-refractivity contribution in [3.8, 4) is 0 Å². The first kappa shape index (κ1) is 13.8. The van der Waals surface area contributed by atoms with Crippen molar-refractivity contribution in [2.24, 2.45) is 0 Å². The van der Waals surface area contributed by atoms with E-state index in [9.17, 15) is 9.18 Å². The monoisotopic (exact) mass is 256 g/mol. The number of nitrogens with one attached hydrogen (secondary N) is 1. The zero-order valence-electron chi connectivity index (χ0n) is 10.00. The largest absolute Gasteiger partial charge is 0.396 e. The minimum absolute atomic E-state index is 0.0333. The van der Waals surface area contributed by atoms with Crippen LogP contribution in [0.5, 0.6) is 0 Å². The predicted molar refractivity (Wildman–Crippen MR) is 69.4 cm³/mol. The molecule has 5 heteroatoms. The number of rotatable bonds is 5. The molecule has 1 aromatic rings. The van der Waals surface area contributed by atoms with Crippen LogP contribution in [0.4, 0.5) is 10.1 Å². The third-order valence-electron chi connectivity index (χ3n) is 2.20. The highest BCUT2D eigenvalue weighted by molar-refractivity contribution is 8.00. The van der Waals surface area contributed by atoms with E-state index in [0.29, 0.717) is 11.4 Å². The van der Waals surface area contributed by atoms with Crippen LogP contribution in [0, 0.1) is 5.82 Å². The van der Waals surface area contributed by atoms with Gasteiger partial charge < -0.3 is 11.1 Å². The number of nitrogens with two attached hydrogens (primary N) is 1. The molecule has 0 spiro atoms.